The summed E-state index contributed by atoms with van der Waals surface area (Å²) in [6.45, 7) is 3.05. The predicted molar refractivity (Wildman–Crippen MR) is 41.1 cm³/mol. The smallest absolute Gasteiger partial charge is 0.297 e. The van der Waals surface area contributed by atoms with Crippen molar-refractivity contribution in [2.75, 3.05) is 0 Å². The number of hydrogen-bond acceptors (Lipinski definition) is 4. The summed E-state index contributed by atoms with van der Waals surface area (Å²) in [5.41, 5.74) is 0. The van der Waals surface area contributed by atoms with Crippen LogP contribution in [0.25, 0.3) is 0 Å². The van der Waals surface area contributed by atoms with Crippen LogP contribution in [0.4, 0.5) is 0 Å². The minimum absolute atomic E-state index is 0.0903. The molecule has 1 saturated heterocycles. The molecule has 1 fully saturated rings. The molecule has 0 bridgehead atoms. The highest BCUT2D eigenvalue weighted by Gasteiger charge is 2.53. The van der Waals surface area contributed by atoms with Crippen LogP contribution in [-0.2, 0) is 14.9 Å². The van der Waals surface area contributed by atoms with Crippen LogP contribution in [0, 0.1) is 0 Å². The van der Waals surface area contributed by atoms with Gasteiger partial charge in [-0.2, -0.15) is 8.42 Å². The Morgan fingerprint density at radius 3 is 2.17 bits per heavy atom. The maximum absolute atomic E-state index is 10.7. The summed E-state index contributed by atoms with van der Waals surface area (Å²) in [6, 6.07) is 0. The maximum Gasteiger partial charge on any atom is 0.297 e. The average molecular weight is 196 g/mol. The van der Waals surface area contributed by atoms with Crippen LogP contribution in [0.2, 0.25) is 0 Å². The van der Waals surface area contributed by atoms with Crippen LogP contribution in [0.1, 0.15) is 20.3 Å². The van der Waals surface area contributed by atoms with Gasteiger partial charge in [0.25, 0.3) is 10.1 Å². The third-order valence-corrected chi connectivity index (χ3v) is 3.49. The van der Waals surface area contributed by atoms with E-state index in [4.69, 9.17) is 9.29 Å². The van der Waals surface area contributed by atoms with Gasteiger partial charge in [0.05, 0.1) is 6.10 Å². The summed E-state index contributed by atoms with van der Waals surface area (Å²) >= 11 is 0. The molecule has 72 valence electrons. The van der Waals surface area contributed by atoms with Gasteiger partial charge >= 0.3 is 0 Å². The number of aliphatic hydroxyl groups is 1. The lowest BCUT2D eigenvalue weighted by molar-refractivity contribution is 0.00672. The van der Waals surface area contributed by atoms with Crippen molar-refractivity contribution in [3.63, 3.8) is 0 Å². The lowest BCUT2D eigenvalue weighted by Crippen LogP contribution is -2.44. The standard InChI is InChI=1S/C6H12O5S/c1-4-3-6(7,5(2)11-4)12(8,9)10/h4-5,7H,3H2,1-2H3,(H,8,9,10). The highest BCUT2D eigenvalue weighted by atomic mass is 32.2. The number of rotatable bonds is 1. The van der Waals surface area contributed by atoms with Crippen LogP contribution >= 0.6 is 0 Å². The second-order valence-electron chi connectivity index (χ2n) is 3.11. The minimum Gasteiger partial charge on any atom is -0.371 e. The predicted octanol–water partition coefficient (Wildman–Crippen LogP) is -0.240. The fraction of sp³-hybridized carbons (Fsp3) is 1.00. The molecule has 0 aromatic rings. The molecule has 0 aromatic heterocycles. The lowest BCUT2D eigenvalue weighted by Gasteiger charge is -2.21. The third-order valence-electron chi connectivity index (χ3n) is 2.10. The molecule has 3 atom stereocenters. The lowest BCUT2D eigenvalue weighted by atomic mass is 10.1. The Morgan fingerprint density at radius 1 is 1.50 bits per heavy atom. The molecular formula is C6H12O5S. The molecule has 5 nitrogen and oxygen atoms in total. The Hall–Kier alpha value is -0.170. The molecule has 0 aliphatic carbocycles. The molecular weight excluding hydrogens is 184 g/mol. The van der Waals surface area contributed by atoms with E-state index < -0.39 is 21.2 Å². The fourth-order valence-corrected chi connectivity index (χ4v) is 2.32. The SMILES string of the molecule is CC1CC(O)(S(=O)(=O)O)C(C)O1. The second-order valence-corrected chi connectivity index (χ2v) is 4.77. The molecule has 0 amide bonds. The van der Waals surface area contributed by atoms with E-state index >= 15 is 0 Å². The van der Waals surface area contributed by atoms with Gasteiger partial charge in [-0.15, -0.1) is 0 Å². The van der Waals surface area contributed by atoms with E-state index in [1.807, 2.05) is 0 Å². The van der Waals surface area contributed by atoms with E-state index in [0.717, 1.165) is 0 Å². The van der Waals surface area contributed by atoms with Crippen molar-refractivity contribution in [1.82, 2.24) is 0 Å². The van der Waals surface area contributed by atoms with E-state index in [0.29, 0.717) is 0 Å². The van der Waals surface area contributed by atoms with Gasteiger partial charge in [-0.3, -0.25) is 4.55 Å². The number of hydrogen-bond donors (Lipinski definition) is 2. The Labute approximate surface area is 71.1 Å². The van der Waals surface area contributed by atoms with Crippen molar-refractivity contribution in [3.05, 3.63) is 0 Å². The maximum atomic E-state index is 10.7. The zero-order chi connectivity index (χ0) is 9.57. The normalized spacial score (nSPS) is 43.3. The van der Waals surface area contributed by atoms with Crippen LogP contribution < -0.4 is 0 Å². The number of ether oxygens (including phenoxy) is 1. The molecule has 0 radical (unpaired) electrons. The molecule has 12 heavy (non-hydrogen) atoms. The van der Waals surface area contributed by atoms with Gasteiger partial charge in [0.2, 0.25) is 4.93 Å². The van der Waals surface area contributed by atoms with Crippen molar-refractivity contribution in [2.45, 2.75) is 37.4 Å². The Kier molecular flexibility index (Phi) is 2.20. The van der Waals surface area contributed by atoms with E-state index in [1.54, 1.807) is 6.92 Å². The highest BCUT2D eigenvalue weighted by Crippen LogP contribution is 2.34. The Bertz CT molecular complexity index is 272. The van der Waals surface area contributed by atoms with Crippen molar-refractivity contribution < 1.29 is 22.8 Å². The van der Waals surface area contributed by atoms with Crippen LogP contribution in [0.3, 0.4) is 0 Å². The average Bonchev–Trinajstić information content (AvgIpc) is 2.06. The Morgan fingerprint density at radius 2 is 2.00 bits per heavy atom. The summed E-state index contributed by atoms with van der Waals surface area (Å²) in [4.78, 5) is -2.13. The minimum atomic E-state index is -4.45. The molecule has 0 saturated carbocycles. The molecule has 1 rings (SSSR count). The van der Waals surface area contributed by atoms with E-state index in [2.05, 4.69) is 0 Å². The van der Waals surface area contributed by atoms with Crippen molar-refractivity contribution in [2.24, 2.45) is 0 Å². The van der Waals surface area contributed by atoms with E-state index in [-0.39, 0.29) is 12.5 Å². The van der Waals surface area contributed by atoms with Crippen molar-refractivity contribution >= 4 is 10.1 Å². The molecule has 1 heterocycles. The van der Waals surface area contributed by atoms with Crippen LogP contribution in [0.5, 0.6) is 0 Å². The van der Waals surface area contributed by atoms with Gasteiger partial charge < -0.3 is 9.84 Å². The monoisotopic (exact) mass is 196 g/mol. The summed E-state index contributed by atoms with van der Waals surface area (Å²) < 4.78 is 35.2. The van der Waals surface area contributed by atoms with Gasteiger partial charge in [-0.25, -0.2) is 0 Å². The van der Waals surface area contributed by atoms with Gasteiger partial charge in [0.1, 0.15) is 6.10 Å². The zero-order valence-electron chi connectivity index (χ0n) is 6.89. The first-order chi connectivity index (χ1) is 5.27. The summed E-state index contributed by atoms with van der Waals surface area (Å²) in [5, 5.41) is 9.50. The van der Waals surface area contributed by atoms with Gasteiger partial charge in [-0.1, -0.05) is 0 Å². The van der Waals surface area contributed by atoms with Crippen LogP contribution in [0.15, 0.2) is 0 Å². The van der Waals surface area contributed by atoms with Gasteiger partial charge in [0, 0.05) is 6.42 Å². The highest BCUT2D eigenvalue weighted by molar-refractivity contribution is 7.87. The molecule has 2 N–H and O–H groups in total. The van der Waals surface area contributed by atoms with Crippen LogP contribution in [-0.4, -0.2) is 35.2 Å². The van der Waals surface area contributed by atoms with Crippen molar-refractivity contribution in [3.8, 4) is 0 Å². The summed E-state index contributed by atoms with van der Waals surface area (Å²) in [7, 11) is -4.45. The molecule has 1 aliphatic heterocycles. The fourth-order valence-electron chi connectivity index (χ4n) is 1.40. The first-order valence-corrected chi connectivity index (χ1v) is 5.06. The first-order valence-electron chi connectivity index (χ1n) is 3.62. The quantitative estimate of drug-likeness (QED) is 0.565. The zero-order valence-corrected chi connectivity index (χ0v) is 7.71. The van der Waals surface area contributed by atoms with Gasteiger partial charge in [-0.05, 0) is 13.8 Å². The largest absolute Gasteiger partial charge is 0.371 e. The van der Waals surface area contributed by atoms with Gasteiger partial charge in [0.15, 0.2) is 0 Å². The summed E-state index contributed by atoms with van der Waals surface area (Å²) in [5.74, 6) is 0. The Balaban J connectivity index is 3.01. The molecule has 0 spiro atoms. The molecule has 1 aliphatic rings. The van der Waals surface area contributed by atoms with E-state index in [9.17, 15) is 13.5 Å². The van der Waals surface area contributed by atoms with Crippen molar-refractivity contribution in [1.29, 1.82) is 0 Å². The molecule has 3 unspecified atom stereocenters. The molecule has 6 heteroatoms. The molecule has 0 aromatic carbocycles. The van der Waals surface area contributed by atoms with E-state index in [1.165, 1.54) is 6.92 Å². The topological polar surface area (TPSA) is 83.8 Å². The first kappa shape index (κ1) is 9.91. The summed E-state index contributed by atoms with van der Waals surface area (Å²) in [6.07, 6.45) is -1.33. The second kappa shape index (κ2) is 2.66. The third kappa shape index (κ3) is 1.35.